The van der Waals surface area contributed by atoms with E-state index in [0.29, 0.717) is 30.2 Å². The number of carbonyl (C=O) groups excluding carboxylic acids is 2. The second-order valence-electron chi connectivity index (χ2n) is 7.93. The summed E-state index contributed by atoms with van der Waals surface area (Å²) in [5, 5.41) is 11.1. The molecule has 2 aliphatic rings. The fourth-order valence-electron chi connectivity index (χ4n) is 4.46. The lowest BCUT2D eigenvalue weighted by Crippen LogP contribution is -2.34. The molecule has 3 aromatic carbocycles. The monoisotopic (exact) mass is 455 g/mol. The highest BCUT2D eigenvalue weighted by Gasteiger charge is 2.44. The first-order chi connectivity index (χ1) is 16.5. The molecule has 2 amide bonds. The molecule has 0 atom stereocenters. The van der Waals surface area contributed by atoms with E-state index >= 15 is 0 Å². The molecule has 0 fully saturated rings. The van der Waals surface area contributed by atoms with Gasteiger partial charge in [-0.3, -0.25) is 19.7 Å². The Kier molecular flexibility index (Phi) is 5.33. The van der Waals surface area contributed by atoms with Gasteiger partial charge in [-0.15, -0.1) is 0 Å². The highest BCUT2D eigenvalue weighted by molar-refractivity contribution is 6.46. The molecule has 8 heteroatoms. The Balaban J connectivity index is 1.65. The smallest absolute Gasteiger partial charge is 0.282 e. The summed E-state index contributed by atoms with van der Waals surface area (Å²) in [6.45, 7) is 2.86. The lowest BCUT2D eigenvalue weighted by atomic mass is 10.0. The van der Waals surface area contributed by atoms with Gasteiger partial charge in [0.05, 0.1) is 22.8 Å². The average molecular weight is 455 g/mol. The second-order valence-corrected chi connectivity index (χ2v) is 7.93. The summed E-state index contributed by atoms with van der Waals surface area (Å²) >= 11 is 0. The van der Waals surface area contributed by atoms with E-state index in [0.717, 1.165) is 22.6 Å². The number of ether oxygens (including phenoxy) is 1. The van der Waals surface area contributed by atoms with E-state index in [9.17, 15) is 19.7 Å². The molecular formula is C26H21N3O5. The van der Waals surface area contributed by atoms with E-state index in [1.54, 1.807) is 24.3 Å². The van der Waals surface area contributed by atoms with Gasteiger partial charge in [-0.25, -0.2) is 4.90 Å². The minimum absolute atomic E-state index is 0.0875. The van der Waals surface area contributed by atoms with Crippen LogP contribution in [0.5, 0.6) is 5.75 Å². The van der Waals surface area contributed by atoms with Crippen LogP contribution in [0.1, 0.15) is 18.1 Å². The molecule has 0 aromatic heterocycles. The first kappa shape index (κ1) is 21.4. The van der Waals surface area contributed by atoms with Crippen molar-refractivity contribution in [2.24, 2.45) is 0 Å². The zero-order valence-corrected chi connectivity index (χ0v) is 18.4. The van der Waals surface area contributed by atoms with Gasteiger partial charge in [0.25, 0.3) is 17.5 Å². The molecule has 2 aliphatic heterocycles. The maximum atomic E-state index is 13.8. The van der Waals surface area contributed by atoms with Gasteiger partial charge < -0.3 is 9.64 Å². The van der Waals surface area contributed by atoms with Crippen molar-refractivity contribution < 1.29 is 19.2 Å². The Morgan fingerprint density at radius 3 is 2.47 bits per heavy atom. The topological polar surface area (TPSA) is 93.0 Å². The van der Waals surface area contributed by atoms with Crippen LogP contribution in [0.25, 0.3) is 5.57 Å². The van der Waals surface area contributed by atoms with Crippen molar-refractivity contribution in [3.05, 3.63) is 99.7 Å². The summed E-state index contributed by atoms with van der Waals surface area (Å²) in [5.41, 5.74) is 3.23. The van der Waals surface area contributed by atoms with Crippen molar-refractivity contribution in [2.45, 2.75) is 13.3 Å². The first-order valence-corrected chi connectivity index (χ1v) is 11.0. The van der Waals surface area contributed by atoms with Crippen LogP contribution < -0.4 is 14.5 Å². The molecule has 2 heterocycles. The normalized spacial score (nSPS) is 15.2. The van der Waals surface area contributed by atoms with Crippen molar-refractivity contribution >= 4 is 34.4 Å². The van der Waals surface area contributed by atoms with E-state index in [1.165, 1.54) is 24.3 Å². The number of carbonyl (C=O) groups is 2. The van der Waals surface area contributed by atoms with Gasteiger partial charge in [0.1, 0.15) is 11.4 Å². The van der Waals surface area contributed by atoms with Gasteiger partial charge in [-0.05, 0) is 54.8 Å². The van der Waals surface area contributed by atoms with Crippen LogP contribution in [0.4, 0.5) is 17.1 Å². The standard InChI is InChI=1S/C26H21N3O5/c1-2-34-21-8-5-7-20(16-21)28-25(30)23(18-10-12-19(13-11-18)29(32)33)24(26(28)31)27-15-14-17-6-3-4-9-22(17)27/h3-13,16H,2,14-15H2,1H3. The molecule has 0 saturated heterocycles. The summed E-state index contributed by atoms with van der Waals surface area (Å²) < 4.78 is 5.56. The number of benzene rings is 3. The van der Waals surface area contributed by atoms with E-state index < -0.39 is 16.7 Å². The van der Waals surface area contributed by atoms with Crippen LogP contribution in [0.15, 0.2) is 78.5 Å². The number of nitrogens with zero attached hydrogens (tertiary/aromatic N) is 3. The molecule has 0 radical (unpaired) electrons. The molecule has 0 saturated carbocycles. The van der Waals surface area contributed by atoms with Gasteiger partial charge in [0, 0.05) is 30.4 Å². The lowest BCUT2D eigenvalue weighted by molar-refractivity contribution is -0.384. The third-order valence-electron chi connectivity index (χ3n) is 5.97. The van der Waals surface area contributed by atoms with Crippen molar-refractivity contribution in [1.82, 2.24) is 0 Å². The highest BCUT2D eigenvalue weighted by atomic mass is 16.6. The largest absolute Gasteiger partial charge is 0.494 e. The second kappa shape index (κ2) is 8.47. The molecule has 0 spiro atoms. The van der Waals surface area contributed by atoms with Crippen molar-refractivity contribution in [3.8, 4) is 5.75 Å². The summed E-state index contributed by atoms with van der Waals surface area (Å²) in [7, 11) is 0. The fraction of sp³-hybridized carbons (Fsp3) is 0.154. The third kappa shape index (κ3) is 3.49. The number of fused-ring (bicyclic) bond motifs is 1. The van der Waals surface area contributed by atoms with Crippen LogP contribution >= 0.6 is 0 Å². The maximum absolute atomic E-state index is 13.8. The van der Waals surface area contributed by atoms with E-state index in [2.05, 4.69) is 0 Å². The van der Waals surface area contributed by atoms with E-state index in [-0.39, 0.29) is 17.0 Å². The number of non-ortho nitro benzene ring substituents is 1. The number of hydrogen-bond donors (Lipinski definition) is 0. The van der Waals surface area contributed by atoms with Crippen LogP contribution in [-0.4, -0.2) is 29.9 Å². The van der Waals surface area contributed by atoms with Crippen LogP contribution in [-0.2, 0) is 16.0 Å². The fourth-order valence-corrected chi connectivity index (χ4v) is 4.46. The number of amides is 2. The molecule has 0 bridgehead atoms. The number of nitro benzene ring substituents is 1. The Morgan fingerprint density at radius 2 is 1.74 bits per heavy atom. The predicted octanol–water partition coefficient (Wildman–Crippen LogP) is 4.34. The summed E-state index contributed by atoms with van der Waals surface area (Å²) in [5.74, 6) is -0.368. The van der Waals surface area contributed by atoms with Crippen molar-refractivity contribution in [2.75, 3.05) is 23.0 Å². The van der Waals surface area contributed by atoms with Gasteiger partial charge in [0.15, 0.2) is 0 Å². The van der Waals surface area contributed by atoms with Crippen LogP contribution in [0, 0.1) is 10.1 Å². The number of nitro groups is 1. The molecule has 5 rings (SSSR count). The number of para-hydroxylation sites is 1. The van der Waals surface area contributed by atoms with Crippen molar-refractivity contribution in [3.63, 3.8) is 0 Å². The Morgan fingerprint density at radius 1 is 0.971 bits per heavy atom. The van der Waals surface area contributed by atoms with Crippen molar-refractivity contribution in [1.29, 1.82) is 0 Å². The Labute approximate surface area is 195 Å². The number of hydrogen-bond acceptors (Lipinski definition) is 6. The SMILES string of the molecule is CCOc1cccc(N2C(=O)C(c3ccc([N+](=O)[O-])cc3)=C(N3CCc4ccccc43)C2=O)c1. The maximum Gasteiger partial charge on any atom is 0.282 e. The highest BCUT2D eigenvalue weighted by Crippen LogP contribution is 2.40. The molecule has 170 valence electrons. The van der Waals surface area contributed by atoms with Gasteiger partial charge in [0.2, 0.25) is 0 Å². The summed E-state index contributed by atoms with van der Waals surface area (Å²) in [6.07, 6.45) is 0.745. The Bertz CT molecular complexity index is 1350. The van der Waals surface area contributed by atoms with Gasteiger partial charge in [-0.2, -0.15) is 0 Å². The molecular weight excluding hydrogens is 434 g/mol. The molecule has 34 heavy (non-hydrogen) atoms. The molecule has 0 unspecified atom stereocenters. The molecule has 0 N–H and O–H groups in total. The minimum Gasteiger partial charge on any atom is -0.494 e. The van der Waals surface area contributed by atoms with Crippen LogP contribution in [0.3, 0.4) is 0 Å². The van der Waals surface area contributed by atoms with Gasteiger partial charge >= 0.3 is 0 Å². The number of anilines is 2. The Hall–Kier alpha value is -4.46. The van der Waals surface area contributed by atoms with E-state index in [1.807, 2.05) is 36.1 Å². The average Bonchev–Trinajstić information content (AvgIpc) is 3.37. The number of rotatable bonds is 6. The first-order valence-electron chi connectivity index (χ1n) is 11.0. The van der Waals surface area contributed by atoms with Crippen LogP contribution in [0.2, 0.25) is 0 Å². The minimum atomic E-state index is -0.497. The molecule has 8 nitrogen and oxygen atoms in total. The zero-order chi connectivity index (χ0) is 23.8. The lowest BCUT2D eigenvalue weighted by Gasteiger charge is -2.22. The van der Waals surface area contributed by atoms with E-state index in [4.69, 9.17) is 4.74 Å². The number of imide groups is 1. The van der Waals surface area contributed by atoms with Gasteiger partial charge in [-0.1, -0.05) is 24.3 Å². The zero-order valence-electron chi connectivity index (χ0n) is 18.4. The predicted molar refractivity (Wildman–Crippen MR) is 128 cm³/mol. The quantitative estimate of drug-likeness (QED) is 0.312. The molecule has 0 aliphatic carbocycles. The summed E-state index contributed by atoms with van der Waals surface area (Å²) in [6, 6.07) is 20.3. The molecule has 3 aromatic rings. The summed E-state index contributed by atoms with van der Waals surface area (Å²) in [4.78, 5) is 41.2. The third-order valence-corrected chi connectivity index (χ3v) is 5.97.